The number of fused-ring (bicyclic) bond motifs is 2. The van der Waals surface area contributed by atoms with Crippen LogP contribution >= 0.6 is 0 Å². The van der Waals surface area contributed by atoms with Crippen molar-refractivity contribution in [1.82, 2.24) is 24.5 Å². The van der Waals surface area contributed by atoms with Crippen LogP contribution in [-0.2, 0) is 11.3 Å². The van der Waals surface area contributed by atoms with Crippen LogP contribution in [0.25, 0.3) is 16.9 Å². The zero-order valence-electron chi connectivity index (χ0n) is 17.6. The summed E-state index contributed by atoms with van der Waals surface area (Å²) >= 11 is 0. The molecule has 33 heavy (non-hydrogen) atoms. The third kappa shape index (κ3) is 3.67. The van der Waals surface area contributed by atoms with Gasteiger partial charge in [-0.3, -0.25) is 14.2 Å². The van der Waals surface area contributed by atoms with Crippen LogP contribution in [0.4, 0.5) is 5.69 Å². The van der Waals surface area contributed by atoms with Crippen molar-refractivity contribution >= 4 is 22.8 Å². The van der Waals surface area contributed by atoms with Crippen LogP contribution < -0.4 is 29.8 Å². The van der Waals surface area contributed by atoms with Gasteiger partial charge in [0.1, 0.15) is 12.9 Å². The van der Waals surface area contributed by atoms with Gasteiger partial charge >= 0.3 is 0 Å². The van der Waals surface area contributed by atoms with Gasteiger partial charge in [0, 0.05) is 17.8 Å². The lowest BCUT2D eigenvalue weighted by atomic mass is 10.2. The van der Waals surface area contributed by atoms with E-state index in [9.17, 15) is 9.59 Å². The number of carbonyl (C=O) groups is 1. The van der Waals surface area contributed by atoms with E-state index in [2.05, 4.69) is 20.6 Å². The molecule has 3 heterocycles. The van der Waals surface area contributed by atoms with Crippen molar-refractivity contribution in [3.05, 3.63) is 53.1 Å². The van der Waals surface area contributed by atoms with Crippen LogP contribution in [-0.4, -0.2) is 51.5 Å². The zero-order chi connectivity index (χ0) is 22.9. The summed E-state index contributed by atoms with van der Waals surface area (Å²) in [5.41, 5.74) is 0.890. The summed E-state index contributed by atoms with van der Waals surface area (Å²) in [7, 11) is 3.06. The van der Waals surface area contributed by atoms with Gasteiger partial charge in [0.25, 0.3) is 5.56 Å². The van der Waals surface area contributed by atoms with Crippen molar-refractivity contribution in [3.8, 4) is 28.7 Å². The van der Waals surface area contributed by atoms with Gasteiger partial charge in [0.05, 0.1) is 19.9 Å². The normalized spacial score (nSPS) is 12.1. The Hall–Kier alpha value is -4.61. The first-order valence-electron chi connectivity index (χ1n) is 9.80. The lowest BCUT2D eigenvalue weighted by Crippen LogP contribution is -2.28. The number of rotatable bonds is 6. The minimum absolute atomic E-state index is 0.0307. The molecule has 0 fully saturated rings. The van der Waals surface area contributed by atoms with Crippen LogP contribution in [0.15, 0.2) is 47.5 Å². The van der Waals surface area contributed by atoms with Crippen LogP contribution in [0.3, 0.4) is 0 Å². The molecule has 0 saturated heterocycles. The molecule has 0 unspecified atom stereocenters. The van der Waals surface area contributed by atoms with Gasteiger partial charge in [-0.1, -0.05) is 5.21 Å². The highest BCUT2D eigenvalue weighted by atomic mass is 16.7. The van der Waals surface area contributed by atoms with Gasteiger partial charge in [-0.2, -0.15) is 4.68 Å². The van der Waals surface area contributed by atoms with Crippen LogP contribution in [0.5, 0.6) is 23.0 Å². The number of hydrogen-bond donors (Lipinski definition) is 1. The van der Waals surface area contributed by atoms with Crippen LogP contribution in [0, 0.1) is 0 Å². The first-order valence-corrected chi connectivity index (χ1v) is 9.80. The largest absolute Gasteiger partial charge is 0.493 e. The van der Waals surface area contributed by atoms with Crippen LogP contribution in [0.2, 0.25) is 0 Å². The van der Waals surface area contributed by atoms with E-state index < -0.39 is 11.5 Å². The predicted molar refractivity (Wildman–Crippen MR) is 115 cm³/mol. The summed E-state index contributed by atoms with van der Waals surface area (Å²) in [4.78, 5) is 29.7. The minimum Gasteiger partial charge on any atom is -0.493 e. The SMILES string of the molecule is COc1ccc(-n2nnc3c(=O)n(CC(=O)Nc4ccc5c(c4)OCO5)cnc32)cc1OC. The quantitative estimate of drug-likeness (QED) is 0.462. The van der Waals surface area contributed by atoms with E-state index in [4.69, 9.17) is 18.9 Å². The fourth-order valence-electron chi connectivity index (χ4n) is 3.42. The molecule has 0 saturated carbocycles. The molecule has 0 radical (unpaired) electrons. The minimum atomic E-state index is -0.493. The number of hydrogen-bond acceptors (Lipinski definition) is 9. The molecule has 0 atom stereocenters. The molecule has 0 aliphatic carbocycles. The van der Waals surface area contributed by atoms with Crippen molar-refractivity contribution in [2.24, 2.45) is 0 Å². The van der Waals surface area contributed by atoms with E-state index in [0.29, 0.717) is 34.4 Å². The summed E-state index contributed by atoms with van der Waals surface area (Å²) in [6, 6.07) is 10.2. The average Bonchev–Trinajstić information content (AvgIpc) is 3.47. The Bertz CT molecular complexity index is 1430. The Labute approximate surface area is 186 Å². The highest BCUT2D eigenvalue weighted by Crippen LogP contribution is 2.34. The standard InChI is InChI=1S/C21H18N6O6/c1-30-14-6-4-13(8-16(14)31-2)27-20-19(24-25-27)21(29)26(10-22-20)9-18(28)23-12-3-5-15-17(7-12)33-11-32-15/h3-8,10H,9,11H2,1-2H3,(H,23,28). The summed E-state index contributed by atoms with van der Waals surface area (Å²) in [5.74, 6) is 1.78. The number of ether oxygens (including phenoxy) is 4. The molecule has 12 nitrogen and oxygen atoms in total. The average molecular weight is 450 g/mol. The summed E-state index contributed by atoms with van der Waals surface area (Å²) in [6.07, 6.45) is 1.28. The third-order valence-electron chi connectivity index (χ3n) is 5.01. The first kappa shape index (κ1) is 20.3. The van der Waals surface area contributed by atoms with Gasteiger partial charge in [-0.25, -0.2) is 4.98 Å². The monoisotopic (exact) mass is 450 g/mol. The number of carbonyl (C=O) groups excluding carboxylic acids is 1. The second kappa shape index (κ2) is 8.15. The predicted octanol–water partition coefficient (Wildman–Crippen LogP) is 1.36. The molecule has 1 aliphatic rings. The van der Waals surface area contributed by atoms with E-state index in [0.717, 1.165) is 4.57 Å². The molecular formula is C21H18N6O6. The molecule has 5 rings (SSSR count). The maximum Gasteiger partial charge on any atom is 0.284 e. The Morgan fingerprint density at radius 3 is 2.73 bits per heavy atom. The van der Waals surface area contributed by atoms with E-state index in [1.54, 1.807) is 36.4 Å². The van der Waals surface area contributed by atoms with Gasteiger partial charge in [0.2, 0.25) is 12.7 Å². The van der Waals surface area contributed by atoms with Gasteiger partial charge in [-0.05, 0) is 24.3 Å². The van der Waals surface area contributed by atoms with Crippen molar-refractivity contribution in [2.45, 2.75) is 6.54 Å². The molecule has 168 valence electrons. The van der Waals surface area contributed by atoms with E-state index in [1.165, 1.54) is 25.2 Å². The van der Waals surface area contributed by atoms with Crippen molar-refractivity contribution in [2.75, 3.05) is 26.3 Å². The maximum atomic E-state index is 12.9. The molecule has 1 N–H and O–H groups in total. The smallest absolute Gasteiger partial charge is 0.284 e. The van der Waals surface area contributed by atoms with Crippen LogP contribution in [0.1, 0.15) is 0 Å². The maximum absolute atomic E-state index is 12.9. The van der Waals surface area contributed by atoms with Crippen molar-refractivity contribution < 1.29 is 23.7 Å². The number of anilines is 1. The Kier molecular flexibility index (Phi) is 5.01. The molecule has 12 heteroatoms. The number of nitrogens with zero attached hydrogens (tertiary/aromatic N) is 5. The number of nitrogens with one attached hydrogen (secondary N) is 1. The Balaban J connectivity index is 1.39. The molecule has 0 bridgehead atoms. The molecular weight excluding hydrogens is 432 g/mol. The number of benzene rings is 2. The second-order valence-corrected chi connectivity index (χ2v) is 7.01. The Morgan fingerprint density at radius 2 is 1.91 bits per heavy atom. The number of amides is 1. The van der Waals surface area contributed by atoms with Gasteiger partial charge in [0.15, 0.2) is 34.2 Å². The number of methoxy groups -OCH3 is 2. The summed E-state index contributed by atoms with van der Waals surface area (Å²) in [6.45, 7) is -0.114. The molecule has 4 aromatic rings. The number of aromatic nitrogens is 5. The Morgan fingerprint density at radius 1 is 1.09 bits per heavy atom. The van der Waals surface area contributed by atoms with E-state index in [-0.39, 0.29) is 24.5 Å². The van der Waals surface area contributed by atoms with Gasteiger partial charge in [-0.15, -0.1) is 5.10 Å². The molecule has 0 spiro atoms. The molecule has 2 aromatic heterocycles. The lowest BCUT2D eigenvalue weighted by molar-refractivity contribution is -0.116. The fourth-order valence-corrected chi connectivity index (χ4v) is 3.42. The second-order valence-electron chi connectivity index (χ2n) is 7.01. The van der Waals surface area contributed by atoms with Gasteiger partial charge < -0.3 is 24.3 Å². The molecule has 1 amide bonds. The topological polar surface area (TPSA) is 132 Å². The zero-order valence-corrected chi connectivity index (χ0v) is 17.6. The van der Waals surface area contributed by atoms with E-state index in [1.807, 2.05) is 0 Å². The lowest BCUT2D eigenvalue weighted by Gasteiger charge is -2.10. The highest BCUT2D eigenvalue weighted by Gasteiger charge is 2.17. The molecule has 1 aliphatic heterocycles. The third-order valence-corrected chi connectivity index (χ3v) is 5.01. The molecule has 2 aromatic carbocycles. The van der Waals surface area contributed by atoms with Crippen molar-refractivity contribution in [1.29, 1.82) is 0 Å². The summed E-state index contributed by atoms with van der Waals surface area (Å²) in [5, 5.41) is 10.7. The summed E-state index contributed by atoms with van der Waals surface area (Å²) < 4.78 is 23.7. The first-order chi connectivity index (χ1) is 16.1. The van der Waals surface area contributed by atoms with Crippen molar-refractivity contribution in [3.63, 3.8) is 0 Å². The van der Waals surface area contributed by atoms with E-state index >= 15 is 0 Å². The fraction of sp³-hybridized carbons (Fsp3) is 0.190. The highest BCUT2D eigenvalue weighted by molar-refractivity contribution is 5.91.